The van der Waals surface area contributed by atoms with Crippen molar-refractivity contribution in [3.63, 3.8) is 0 Å². The lowest BCUT2D eigenvalue weighted by Gasteiger charge is -2.09. The molecular weight excluding hydrogens is 228 g/mol. The van der Waals surface area contributed by atoms with Crippen LogP contribution in [0.15, 0.2) is 36.4 Å². The van der Waals surface area contributed by atoms with Gasteiger partial charge in [0.05, 0.1) is 5.56 Å². The summed E-state index contributed by atoms with van der Waals surface area (Å²) in [7, 11) is 0. The predicted octanol–water partition coefficient (Wildman–Crippen LogP) is 3.28. The highest BCUT2D eigenvalue weighted by Gasteiger charge is 2.11. The van der Waals surface area contributed by atoms with Gasteiger partial charge in [0.15, 0.2) is 5.78 Å². The van der Waals surface area contributed by atoms with Crippen molar-refractivity contribution in [3.05, 3.63) is 47.5 Å². The standard InChI is InChI=1S/C15H14O3/c1-9-7-13(17)15(14(18)8-9)12-5-3-11(4-6-12)10(2)16/h3-8,17-18H,1-2H3. The topological polar surface area (TPSA) is 57.5 Å². The molecule has 0 heterocycles. The Morgan fingerprint density at radius 2 is 1.50 bits per heavy atom. The van der Waals surface area contributed by atoms with E-state index in [4.69, 9.17) is 0 Å². The summed E-state index contributed by atoms with van der Waals surface area (Å²) >= 11 is 0. The molecule has 0 aromatic heterocycles. The first-order chi connectivity index (χ1) is 8.49. The van der Waals surface area contributed by atoms with Crippen LogP contribution in [0, 0.1) is 6.92 Å². The molecule has 0 fully saturated rings. The van der Waals surface area contributed by atoms with E-state index in [1.54, 1.807) is 43.3 Å². The largest absolute Gasteiger partial charge is 0.507 e. The first-order valence-corrected chi connectivity index (χ1v) is 5.63. The third-order valence-electron chi connectivity index (χ3n) is 2.82. The zero-order chi connectivity index (χ0) is 13.3. The van der Waals surface area contributed by atoms with Crippen LogP contribution in [-0.2, 0) is 0 Å². The highest BCUT2D eigenvalue weighted by atomic mass is 16.3. The van der Waals surface area contributed by atoms with Gasteiger partial charge in [-0.3, -0.25) is 4.79 Å². The number of ketones is 1. The fourth-order valence-corrected chi connectivity index (χ4v) is 1.92. The van der Waals surface area contributed by atoms with Crippen molar-refractivity contribution in [1.82, 2.24) is 0 Å². The Labute approximate surface area is 105 Å². The minimum absolute atomic E-state index is 0.0149. The quantitative estimate of drug-likeness (QED) is 0.794. The van der Waals surface area contributed by atoms with Crippen LogP contribution in [0.1, 0.15) is 22.8 Å². The van der Waals surface area contributed by atoms with Crippen LogP contribution in [0.25, 0.3) is 11.1 Å². The zero-order valence-corrected chi connectivity index (χ0v) is 10.3. The fraction of sp³-hybridized carbons (Fsp3) is 0.133. The Kier molecular flexibility index (Phi) is 3.06. The smallest absolute Gasteiger partial charge is 0.159 e. The lowest BCUT2D eigenvalue weighted by Crippen LogP contribution is -1.91. The van der Waals surface area contributed by atoms with Crippen molar-refractivity contribution in [1.29, 1.82) is 0 Å². The number of benzene rings is 2. The molecule has 18 heavy (non-hydrogen) atoms. The van der Waals surface area contributed by atoms with Crippen molar-refractivity contribution in [2.75, 3.05) is 0 Å². The van der Waals surface area contributed by atoms with Crippen molar-refractivity contribution < 1.29 is 15.0 Å². The predicted molar refractivity (Wildman–Crippen MR) is 69.9 cm³/mol. The molecule has 0 spiro atoms. The molecule has 2 aromatic rings. The van der Waals surface area contributed by atoms with Gasteiger partial charge in [0.2, 0.25) is 0 Å². The number of phenols is 2. The molecule has 0 atom stereocenters. The Morgan fingerprint density at radius 1 is 1.00 bits per heavy atom. The van der Waals surface area contributed by atoms with Crippen LogP contribution < -0.4 is 0 Å². The molecule has 2 N–H and O–H groups in total. The molecule has 0 saturated heterocycles. The van der Waals surface area contributed by atoms with E-state index in [2.05, 4.69) is 0 Å². The minimum Gasteiger partial charge on any atom is -0.507 e. The summed E-state index contributed by atoms with van der Waals surface area (Å²) in [6.07, 6.45) is 0. The Hall–Kier alpha value is -2.29. The summed E-state index contributed by atoms with van der Waals surface area (Å²) < 4.78 is 0. The maximum absolute atomic E-state index is 11.2. The van der Waals surface area contributed by atoms with E-state index >= 15 is 0 Å². The minimum atomic E-state index is -0.0149. The number of carbonyl (C=O) groups is 1. The molecule has 0 aliphatic rings. The first-order valence-electron chi connectivity index (χ1n) is 5.63. The molecule has 3 heteroatoms. The van der Waals surface area contributed by atoms with Crippen molar-refractivity contribution in [3.8, 4) is 22.6 Å². The summed E-state index contributed by atoms with van der Waals surface area (Å²) in [6, 6.07) is 9.95. The van der Waals surface area contributed by atoms with Crippen molar-refractivity contribution in [2.45, 2.75) is 13.8 Å². The summed E-state index contributed by atoms with van der Waals surface area (Å²) in [4.78, 5) is 11.2. The fourth-order valence-electron chi connectivity index (χ4n) is 1.92. The highest BCUT2D eigenvalue weighted by Crippen LogP contribution is 2.38. The van der Waals surface area contributed by atoms with Gasteiger partial charge in [-0.1, -0.05) is 24.3 Å². The molecule has 0 bridgehead atoms. The number of Topliss-reactive ketones (excluding diaryl/α,β-unsaturated/α-hetero) is 1. The van der Waals surface area contributed by atoms with Crippen LogP contribution >= 0.6 is 0 Å². The van der Waals surface area contributed by atoms with Crippen molar-refractivity contribution >= 4 is 5.78 Å². The zero-order valence-electron chi connectivity index (χ0n) is 10.3. The molecule has 0 aliphatic carbocycles. The molecule has 2 rings (SSSR count). The van der Waals surface area contributed by atoms with Crippen LogP contribution in [0.2, 0.25) is 0 Å². The number of aromatic hydroxyl groups is 2. The first kappa shape index (κ1) is 12.2. The van der Waals surface area contributed by atoms with Gasteiger partial charge in [0.25, 0.3) is 0 Å². The SMILES string of the molecule is CC(=O)c1ccc(-c2c(O)cc(C)cc2O)cc1. The van der Waals surface area contributed by atoms with Crippen molar-refractivity contribution in [2.24, 2.45) is 0 Å². The molecule has 92 valence electrons. The van der Waals surface area contributed by atoms with Gasteiger partial charge >= 0.3 is 0 Å². The number of carbonyl (C=O) groups excluding carboxylic acids is 1. The number of phenolic OH excluding ortho intramolecular Hbond substituents is 2. The summed E-state index contributed by atoms with van der Waals surface area (Å²) in [5.74, 6) is 0.0463. The molecule has 2 aromatic carbocycles. The Morgan fingerprint density at radius 3 is 1.94 bits per heavy atom. The molecule has 0 aliphatic heterocycles. The monoisotopic (exact) mass is 242 g/mol. The van der Waals surface area contributed by atoms with Gasteiger partial charge < -0.3 is 10.2 Å². The molecule has 0 unspecified atom stereocenters. The normalized spacial score (nSPS) is 10.3. The highest BCUT2D eigenvalue weighted by molar-refractivity contribution is 5.94. The molecular formula is C15H14O3. The van der Waals surface area contributed by atoms with E-state index in [1.807, 2.05) is 0 Å². The lowest BCUT2D eigenvalue weighted by molar-refractivity contribution is 0.101. The maximum atomic E-state index is 11.2. The third kappa shape index (κ3) is 2.20. The second-order valence-electron chi connectivity index (χ2n) is 4.31. The van der Waals surface area contributed by atoms with E-state index in [0.717, 1.165) is 5.56 Å². The van der Waals surface area contributed by atoms with E-state index < -0.39 is 0 Å². The lowest BCUT2D eigenvalue weighted by atomic mass is 9.99. The summed E-state index contributed by atoms with van der Waals surface area (Å²) in [6.45, 7) is 3.29. The van der Waals surface area contributed by atoms with Crippen LogP contribution in [-0.4, -0.2) is 16.0 Å². The van der Waals surface area contributed by atoms with E-state index in [0.29, 0.717) is 16.7 Å². The van der Waals surface area contributed by atoms with Gasteiger partial charge in [-0.05, 0) is 37.1 Å². The Balaban J connectivity index is 2.52. The maximum Gasteiger partial charge on any atom is 0.159 e. The number of rotatable bonds is 2. The number of hydrogen-bond acceptors (Lipinski definition) is 3. The van der Waals surface area contributed by atoms with Crippen LogP contribution in [0.5, 0.6) is 11.5 Å². The van der Waals surface area contributed by atoms with Gasteiger partial charge in [0.1, 0.15) is 11.5 Å². The van der Waals surface area contributed by atoms with Gasteiger partial charge in [-0.2, -0.15) is 0 Å². The second kappa shape index (κ2) is 4.53. The van der Waals surface area contributed by atoms with Gasteiger partial charge in [-0.25, -0.2) is 0 Å². The summed E-state index contributed by atoms with van der Waals surface area (Å²) in [5.41, 5.74) is 2.45. The average Bonchev–Trinajstić information content (AvgIpc) is 2.28. The van der Waals surface area contributed by atoms with Gasteiger partial charge in [-0.15, -0.1) is 0 Å². The Bertz CT molecular complexity index is 575. The molecule has 0 saturated carbocycles. The average molecular weight is 242 g/mol. The van der Waals surface area contributed by atoms with Crippen LogP contribution in [0.4, 0.5) is 0 Å². The number of aryl methyl sites for hydroxylation is 1. The second-order valence-corrected chi connectivity index (χ2v) is 4.31. The third-order valence-corrected chi connectivity index (χ3v) is 2.82. The van der Waals surface area contributed by atoms with Gasteiger partial charge in [0, 0.05) is 5.56 Å². The number of hydrogen-bond donors (Lipinski definition) is 2. The van der Waals surface area contributed by atoms with E-state index in [1.165, 1.54) is 6.92 Å². The summed E-state index contributed by atoms with van der Waals surface area (Å²) in [5, 5.41) is 19.8. The molecule has 3 nitrogen and oxygen atoms in total. The van der Waals surface area contributed by atoms with E-state index in [-0.39, 0.29) is 17.3 Å². The van der Waals surface area contributed by atoms with Crippen LogP contribution in [0.3, 0.4) is 0 Å². The molecule has 0 amide bonds. The van der Waals surface area contributed by atoms with E-state index in [9.17, 15) is 15.0 Å². The molecule has 0 radical (unpaired) electrons.